The van der Waals surface area contributed by atoms with E-state index in [1.54, 1.807) is 6.92 Å². The summed E-state index contributed by atoms with van der Waals surface area (Å²) in [6, 6.07) is 8.51. The Labute approximate surface area is 157 Å². The largest absolute Gasteiger partial charge is 0.462 e. The van der Waals surface area contributed by atoms with Crippen molar-refractivity contribution in [1.29, 1.82) is 0 Å². The van der Waals surface area contributed by atoms with Gasteiger partial charge in [0.25, 0.3) is 0 Å². The fraction of sp³-hybridized carbons (Fsp3) is 0.333. The molecule has 1 aliphatic rings. The molecule has 0 radical (unpaired) electrons. The molecule has 1 aromatic carbocycles. The maximum absolute atomic E-state index is 12.3. The van der Waals surface area contributed by atoms with Gasteiger partial charge in [-0.3, -0.25) is 0 Å². The van der Waals surface area contributed by atoms with Crippen molar-refractivity contribution in [3.05, 3.63) is 46.0 Å². The lowest BCUT2D eigenvalue weighted by Crippen LogP contribution is -2.08. The van der Waals surface area contributed by atoms with Gasteiger partial charge in [-0.1, -0.05) is 29.8 Å². The molecule has 134 valence electrons. The highest BCUT2D eigenvalue weighted by Crippen LogP contribution is 2.43. The number of aromatic nitrogens is 1. The third kappa shape index (κ3) is 2.76. The molecule has 0 fully saturated rings. The van der Waals surface area contributed by atoms with Crippen molar-refractivity contribution < 1.29 is 9.53 Å². The summed E-state index contributed by atoms with van der Waals surface area (Å²) < 4.78 is 5.19. The molecule has 4 rings (SSSR count). The zero-order valence-corrected chi connectivity index (χ0v) is 15.9. The Bertz CT molecular complexity index is 990. The van der Waals surface area contributed by atoms with Crippen molar-refractivity contribution in [1.82, 2.24) is 4.98 Å². The third-order valence-corrected chi connectivity index (χ3v) is 6.03. The van der Waals surface area contributed by atoms with E-state index in [0.29, 0.717) is 17.2 Å². The van der Waals surface area contributed by atoms with E-state index in [-0.39, 0.29) is 5.97 Å². The summed E-state index contributed by atoms with van der Waals surface area (Å²) in [5.74, 6) is -0.360. The topological polar surface area (TPSA) is 65.2 Å². The van der Waals surface area contributed by atoms with E-state index in [2.05, 4.69) is 31.2 Å². The molecule has 0 unspecified atom stereocenters. The van der Waals surface area contributed by atoms with Crippen LogP contribution in [0.15, 0.2) is 24.3 Å². The van der Waals surface area contributed by atoms with Crippen LogP contribution in [0.2, 0.25) is 0 Å². The highest BCUT2D eigenvalue weighted by atomic mass is 32.1. The second-order valence-corrected chi connectivity index (χ2v) is 7.73. The molecule has 1 aliphatic carbocycles. The molecule has 0 amide bonds. The first-order chi connectivity index (χ1) is 12.6. The zero-order chi connectivity index (χ0) is 18.3. The molecule has 2 N–H and O–H groups in total. The van der Waals surface area contributed by atoms with Crippen LogP contribution in [0.1, 0.15) is 46.3 Å². The Kier molecular flexibility index (Phi) is 4.41. The molecule has 4 nitrogen and oxygen atoms in total. The summed E-state index contributed by atoms with van der Waals surface area (Å²) in [5.41, 5.74) is 12.9. The van der Waals surface area contributed by atoms with Gasteiger partial charge in [0.2, 0.25) is 0 Å². The lowest BCUT2D eigenvalue weighted by atomic mass is 9.87. The van der Waals surface area contributed by atoms with Crippen molar-refractivity contribution in [2.45, 2.75) is 39.5 Å². The molecule has 0 spiro atoms. The molecule has 0 atom stereocenters. The minimum absolute atomic E-state index is 0.335. The van der Waals surface area contributed by atoms with Crippen LogP contribution in [0.25, 0.3) is 21.3 Å². The van der Waals surface area contributed by atoms with Crippen LogP contribution in [0, 0.1) is 6.92 Å². The Morgan fingerprint density at radius 1 is 1.23 bits per heavy atom. The summed E-state index contributed by atoms with van der Waals surface area (Å²) in [6.07, 6.45) is 4.31. The molecule has 2 heterocycles. The van der Waals surface area contributed by atoms with Crippen molar-refractivity contribution in [3.8, 4) is 11.1 Å². The van der Waals surface area contributed by atoms with Crippen molar-refractivity contribution >= 4 is 33.2 Å². The van der Waals surface area contributed by atoms with E-state index in [9.17, 15) is 4.79 Å². The van der Waals surface area contributed by atoms with Gasteiger partial charge in [-0.15, -0.1) is 11.3 Å². The molecule has 5 heteroatoms. The lowest BCUT2D eigenvalue weighted by Gasteiger charge is -2.20. The Hall–Kier alpha value is -2.40. The van der Waals surface area contributed by atoms with Crippen LogP contribution in [-0.2, 0) is 17.6 Å². The van der Waals surface area contributed by atoms with Gasteiger partial charge in [0.1, 0.15) is 9.71 Å². The van der Waals surface area contributed by atoms with Crippen LogP contribution in [0.4, 0.5) is 5.69 Å². The number of esters is 1. The number of thiophene rings is 1. The number of benzene rings is 1. The van der Waals surface area contributed by atoms with Gasteiger partial charge in [-0.25, -0.2) is 9.78 Å². The highest BCUT2D eigenvalue weighted by molar-refractivity contribution is 7.21. The molecule has 3 aromatic rings. The van der Waals surface area contributed by atoms with E-state index in [0.717, 1.165) is 52.7 Å². The van der Waals surface area contributed by atoms with Crippen LogP contribution in [0.5, 0.6) is 0 Å². The quantitative estimate of drug-likeness (QED) is 0.669. The molecule has 0 saturated carbocycles. The molecule has 0 aliphatic heterocycles. The average molecular weight is 366 g/mol. The third-order valence-electron chi connectivity index (χ3n) is 4.95. The van der Waals surface area contributed by atoms with Gasteiger partial charge in [0, 0.05) is 11.1 Å². The SMILES string of the molecule is CCOC(=O)c1sc2nc3c(c(-c4ccc(C)cc4)c2c1N)CCCC3. The Balaban J connectivity index is 2.03. The predicted molar refractivity (Wildman–Crippen MR) is 107 cm³/mol. The van der Waals surface area contributed by atoms with Gasteiger partial charge in [0.15, 0.2) is 0 Å². The molecule has 2 aromatic heterocycles. The van der Waals surface area contributed by atoms with Crippen LogP contribution in [-0.4, -0.2) is 17.6 Å². The number of hydrogen-bond donors (Lipinski definition) is 1. The summed E-state index contributed by atoms with van der Waals surface area (Å²) >= 11 is 1.35. The summed E-state index contributed by atoms with van der Waals surface area (Å²) in [5, 5.41) is 0.905. The van der Waals surface area contributed by atoms with E-state index in [4.69, 9.17) is 15.5 Å². The number of aryl methyl sites for hydroxylation is 2. The first-order valence-corrected chi connectivity index (χ1v) is 9.89. The molecular weight excluding hydrogens is 344 g/mol. The number of nitrogens with two attached hydrogens (primary N) is 1. The number of fused-ring (bicyclic) bond motifs is 2. The average Bonchev–Trinajstić information content (AvgIpc) is 2.97. The van der Waals surface area contributed by atoms with Gasteiger partial charge in [-0.05, 0) is 56.2 Å². The smallest absolute Gasteiger partial charge is 0.350 e. The van der Waals surface area contributed by atoms with Crippen LogP contribution >= 0.6 is 11.3 Å². The Morgan fingerprint density at radius 3 is 2.69 bits per heavy atom. The number of nitrogen functional groups attached to an aromatic ring is 1. The van der Waals surface area contributed by atoms with E-state index in [1.165, 1.54) is 22.5 Å². The molecule has 0 saturated heterocycles. The number of nitrogens with zero attached hydrogens (tertiary/aromatic N) is 1. The molecular formula is C21H22N2O2S. The van der Waals surface area contributed by atoms with Gasteiger partial charge < -0.3 is 10.5 Å². The standard InChI is InChI=1S/C21H22N2O2S/c1-3-25-21(24)19-18(22)17-16(13-10-8-12(2)9-11-13)14-6-4-5-7-15(14)23-20(17)26-19/h8-11H,3-7,22H2,1-2H3. The fourth-order valence-corrected chi connectivity index (χ4v) is 4.71. The number of ether oxygens (including phenoxy) is 1. The second kappa shape index (κ2) is 6.72. The lowest BCUT2D eigenvalue weighted by molar-refractivity contribution is 0.0533. The first-order valence-electron chi connectivity index (χ1n) is 9.08. The molecule has 26 heavy (non-hydrogen) atoms. The van der Waals surface area contributed by atoms with E-state index >= 15 is 0 Å². The second-order valence-electron chi connectivity index (χ2n) is 6.73. The summed E-state index contributed by atoms with van der Waals surface area (Å²) in [6.45, 7) is 4.22. The van der Waals surface area contributed by atoms with Gasteiger partial charge in [0.05, 0.1) is 12.3 Å². The number of anilines is 1. The first kappa shape index (κ1) is 17.0. The van der Waals surface area contributed by atoms with Crippen molar-refractivity contribution in [2.24, 2.45) is 0 Å². The predicted octanol–water partition coefficient (Wildman–Crippen LogP) is 4.91. The summed E-state index contributed by atoms with van der Waals surface area (Å²) in [7, 11) is 0. The number of rotatable bonds is 3. The highest BCUT2D eigenvalue weighted by Gasteiger charge is 2.26. The zero-order valence-electron chi connectivity index (χ0n) is 15.1. The van der Waals surface area contributed by atoms with Crippen LogP contribution in [0.3, 0.4) is 0 Å². The Morgan fingerprint density at radius 2 is 1.96 bits per heavy atom. The maximum atomic E-state index is 12.3. The number of carbonyl (C=O) groups is 1. The maximum Gasteiger partial charge on any atom is 0.350 e. The van der Waals surface area contributed by atoms with Crippen molar-refractivity contribution in [2.75, 3.05) is 12.3 Å². The number of pyridine rings is 1. The van der Waals surface area contributed by atoms with Crippen LogP contribution < -0.4 is 5.73 Å². The van der Waals surface area contributed by atoms with Gasteiger partial charge >= 0.3 is 5.97 Å². The van der Waals surface area contributed by atoms with E-state index in [1.807, 2.05) is 0 Å². The number of hydrogen-bond acceptors (Lipinski definition) is 5. The summed E-state index contributed by atoms with van der Waals surface area (Å²) in [4.78, 5) is 18.5. The molecule has 0 bridgehead atoms. The normalized spacial score (nSPS) is 13.6. The minimum atomic E-state index is -0.360. The fourth-order valence-electron chi connectivity index (χ4n) is 3.69. The van der Waals surface area contributed by atoms with Crippen molar-refractivity contribution in [3.63, 3.8) is 0 Å². The monoisotopic (exact) mass is 366 g/mol. The van der Waals surface area contributed by atoms with E-state index < -0.39 is 0 Å². The van der Waals surface area contributed by atoms with Gasteiger partial charge in [-0.2, -0.15) is 0 Å². The minimum Gasteiger partial charge on any atom is -0.462 e. The number of carbonyl (C=O) groups excluding carboxylic acids is 1.